The molecule has 0 amide bonds. The van der Waals surface area contributed by atoms with Crippen LogP contribution in [0.5, 0.6) is 0 Å². The molecule has 1 aromatic carbocycles. The third kappa shape index (κ3) is 2.18. The lowest BCUT2D eigenvalue weighted by atomic mass is 9.96. The Kier molecular flexibility index (Phi) is 2.77. The largest absolute Gasteiger partial charge is 0.416 e. The molecule has 1 aliphatic heterocycles. The van der Waals surface area contributed by atoms with Gasteiger partial charge in [0.05, 0.1) is 5.56 Å². The lowest BCUT2D eigenvalue weighted by molar-refractivity contribution is -0.137. The minimum atomic E-state index is -4.26. The fourth-order valence-corrected chi connectivity index (χ4v) is 2.06. The van der Waals surface area contributed by atoms with E-state index in [1.54, 1.807) is 0 Å². The zero-order valence-corrected chi connectivity index (χ0v) is 9.32. The second-order valence-corrected chi connectivity index (χ2v) is 4.38. The zero-order chi connectivity index (χ0) is 11.1. The monoisotopic (exact) mass is 279 g/mol. The van der Waals surface area contributed by atoms with Gasteiger partial charge in [-0.2, -0.15) is 13.2 Å². The number of nitrogens with one attached hydrogen (secondary N) is 1. The highest BCUT2D eigenvalue weighted by atomic mass is 79.9. The Balaban J connectivity index is 2.36. The second kappa shape index (κ2) is 3.79. The van der Waals surface area contributed by atoms with Gasteiger partial charge in [0, 0.05) is 10.5 Å². The number of rotatable bonds is 1. The van der Waals surface area contributed by atoms with Crippen molar-refractivity contribution in [3.05, 3.63) is 33.8 Å². The van der Waals surface area contributed by atoms with Crippen molar-refractivity contribution in [2.24, 2.45) is 0 Å². The lowest BCUT2D eigenvalue weighted by Gasteiger charge is -2.29. The first-order valence-electron chi connectivity index (χ1n) is 4.58. The molecular weight excluding hydrogens is 271 g/mol. The van der Waals surface area contributed by atoms with E-state index in [4.69, 9.17) is 0 Å². The summed E-state index contributed by atoms with van der Waals surface area (Å²) < 4.78 is 38.1. The molecule has 1 unspecified atom stereocenters. The molecule has 2 rings (SSSR count). The van der Waals surface area contributed by atoms with Gasteiger partial charge in [0.1, 0.15) is 0 Å². The van der Waals surface area contributed by atoms with Gasteiger partial charge in [-0.3, -0.25) is 0 Å². The number of hydrogen-bond donors (Lipinski definition) is 1. The number of hydrogen-bond acceptors (Lipinski definition) is 1. The van der Waals surface area contributed by atoms with E-state index in [9.17, 15) is 13.2 Å². The van der Waals surface area contributed by atoms with Gasteiger partial charge in [0.2, 0.25) is 0 Å². The predicted octanol–water partition coefficient (Wildman–Crippen LogP) is 3.50. The molecule has 0 aliphatic carbocycles. The Morgan fingerprint density at radius 2 is 2.00 bits per heavy atom. The molecule has 1 aromatic rings. The molecule has 15 heavy (non-hydrogen) atoms. The molecule has 1 N–H and O–H groups in total. The quantitative estimate of drug-likeness (QED) is 0.830. The second-order valence-electron chi connectivity index (χ2n) is 3.53. The van der Waals surface area contributed by atoms with Gasteiger partial charge in [-0.1, -0.05) is 15.9 Å². The van der Waals surface area contributed by atoms with E-state index in [1.165, 1.54) is 12.1 Å². The van der Waals surface area contributed by atoms with Crippen LogP contribution in [-0.4, -0.2) is 6.54 Å². The van der Waals surface area contributed by atoms with E-state index in [0.29, 0.717) is 5.56 Å². The average Bonchev–Trinajstić information content (AvgIpc) is 2.03. The molecule has 1 nitrogen and oxygen atoms in total. The maximum absolute atomic E-state index is 12.4. The summed E-state index contributed by atoms with van der Waals surface area (Å²) in [7, 11) is 0. The Morgan fingerprint density at radius 1 is 1.33 bits per heavy atom. The van der Waals surface area contributed by atoms with Crippen LogP contribution in [0.4, 0.5) is 13.2 Å². The Hall–Kier alpha value is -0.550. The van der Waals surface area contributed by atoms with E-state index in [2.05, 4.69) is 21.2 Å². The van der Waals surface area contributed by atoms with Crippen LogP contribution in [0.25, 0.3) is 0 Å². The predicted molar refractivity (Wildman–Crippen MR) is 54.5 cm³/mol. The summed E-state index contributed by atoms with van der Waals surface area (Å²) in [5.41, 5.74) is 0.102. The molecule has 1 aliphatic rings. The van der Waals surface area contributed by atoms with Crippen molar-refractivity contribution in [2.75, 3.05) is 6.54 Å². The Morgan fingerprint density at radius 3 is 2.47 bits per heavy atom. The molecule has 82 valence electrons. The molecule has 1 heterocycles. The van der Waals surface area contributed by atoms with Crippen LogP contribution in [0.1, 0.15) is 23.6 Å². The van der Waals surface area contributed by atoms with Gasteiger partial charge in [-0.05, 0) is 36.7 Å². The van der Waals surface area contributed by atoms with Crippen LogP contribution in [0, 0.1) is 0 Å². The van der Waals surface area contributed by atoms with Crippen molar-refractivity contribution < 1.29 is 13.2 Å². The minimum Gasteiger partial charge on any atom is -0.310 e. The highest BCUT2D eigenvalue weighted by molar-refractivity contribution is 9.10. The van der Waals surface area contributed by atoms with Crippen LogP contribution >= 0.6 is 15.9 Å². The van der Waals surface area contributed by atoms with Crippen LogP contribution in [0.3, 0.4) is 0 Å². The zero-order valence-electron chi connectivity index (χ0n) is 7.74. The van der Waals surface area contributed by atoms with Crippen molar-refractivity contribution in [1.29, 1.82) is 0 Å². The molecular formula is C10H9BrF3N. The molecule has 5 heteroatoms. The SMILES string of the molecule is FC(F)(F)c1ccc(Br)c(C2CCN2)c1. The number of halogens is 4. The third-order valence-electron chi connectivity index (χ3n) is 2.52. The molecule has 0 saturated carbocycles. The minimum absolute atomic E-state index is 0.0571. The third-order valence-corrected chi connectivity index (χ3v) is 3.24. The summed E-state index contributed by atoms with van der Waals surface area (Å²) in [5, 5.41) is 3.08. The summed E-state index contributed by atoms with van der Waals surface area (Å²) in [4.78, 5) is 0. The fourth-order valence-electron chi connectivity index (χ4n) is 1.54. The lowest BCUT2D eigenvalue weighted by Crippen LogP contribution is -2.35. The Bertz CT molecular complexity index is 371. The summed E-state index contributed by atoms with van der Waals surface area (Å²) in [6.45, 7) is 0.868. The molecule has 0 radical (unpaired) electrons. The maximum atomic E-state index is 12.4. The first kappa shape index (κ1) is 11.0. The van der Waals surface area contributed by atoms with Crippen molar-refractivity contribution in [3.8, 4) is 0 Å². The topological polar surface area (TPSA) is 12.0 Å². The fraction of sp³-hybridized carbons (Fsp3) is 0.400. The number of benzene rings is 1. The first-order chi connectivity index (χ1) is 6.98. The van der Waals surface area contributed by atoms with E-state index in [0.717, 1.165) is 23.5 Å². The molecule has 1 fully saturated rings. The summed E-state index contributed by atoms with van der Waals surface area (Å²) >= 11 is 3.27. The van der Waals surface area contributed by atoms with Gasteiger partial charge >= 0.3 is 6.18 Å². The van der Waals surface area contributed by atoms with E-state index >= 15 is 0 Å². The van der Waals surface area contributed by atoms with Gasteiger partial charge < -0.3 is 5.32 Å². The molecule has 0 bridgehead atoms. The summed E-state index contributed by atoms with van der Waals surface area (Å²) in [6.07, 6.45) is -3.38. The van der Waals surface area contributed by atoms with Gasteiger partial charge in [-0.25, -0.2) is 0 Å². The molecule has 1 atom stereocenters. The highest BCUT2D eigenvalue weighted by Crippen LogP contribution is 2.36. The number of alkyl halides is 3. The Labute approximate surface area is 93.8 Å². The van der Waals surface area contributed by atoms with E-state index in [1.807, 2.05) is 0 Å². The van der Waals surface area contributed by atoms with Gasteiger partial charge in [0.15, 0.2) is 0 Å². The van der Waals surface area contributed by atoms with E-state index in [-0.39, 0.29) is 6.04 Å². The van der Waals surface area contributed by atoms with Crippen LogP contribution < -0.4 is 5.32 Å². The molecule has 0 spiro atoms. The van der Waals surface area contributed by atoms with Crippen molar-refractivity contribution in [3.63, 3.8) is 0 Å². The maximum Gasteiger partial charge on any atom is 0.416 e. The normalized spacial score (nSPS) is 21.2. The molecule has 0 aromatic heterocycles. The highest BCUT2D eigenvalue weighted by Gasteiger charge is 2.32. The van der Waals surface area contributed by atoms with E-state index < -0.39 is 11.7 Å². The smallest absolute Gasteiger partial charge is 0.310 e. The van der Waals surface area contributed by atoms with Crippen LogP contribution in [-0.2, 0) is 6.18 Å². The van der Waals surface area contributed by atoms with Crippen molar-refractivity contribution in [2.45, 2.75) is 18.6 Å². The van der Waals surface area contributed by atoms with Gasteiger partial charge in [-0.15, -0.1) is 0 Å². The average molecular weight is 280 g/mol. The van der Waals surface area contributed by atoms with Crippen LogP contribution in [0.15, 0.2) is 22.7 Å². The molecule has 1 saturated heterocycles. The summed E-state index contributed by atoms with van der Waals surface area (Å²) in [5.74, 6) is 0. The van der Waals surface area contributed by atoms with Crippen LogP contribution in [0.2, 0.25) is 0 Å². The first-order valence-corrected chi connectivity index (χ1v) is 5.38. The summed E-state index contributed by atoms with van der Waals surface area (Å²) in [6, 6.07) is 3.81. The van der Waals surface area contributed by atoms with Crippen molar-refractivity contribution >= 4 is 15.9 Å². The van der Waals surface area contributed by atoms with Gasteiger partial charge in [0.25, 0.3) is 0 Å². The standard InChI is InChI=1S/C10H9BrF3N/c11-8-2-1-6(10(12,13)14)5-7(8)9-3-4-15-9/h1-2,5,9,15H,3-4H2. The van der Waals surface area contributed by atoms with Crippen molar-refractivity contribution in [1.82, 2.24) is 5.32 Å².